The second kappa shape index (κ2) is 12.2. The van der Waals surface area contributed by atoms with Gasteiger partial charge in [0.15, 0.2) is 5.82 Å². The van der Waals surface area contributed by atoms with Crippen LogP contribution in [0.25, 0.3) is 16.8 Å². The monoisotopic (exact) mass is 819 g/mol. The largest absolute Gasteiger partial charge is 0.521 e. The van der Waals surface area contributed by atoms with Crippen LogP contribution in [0, 0.1) is 12.1 Å². The fraction of sp³-hybridized carbons (Fsp3) is 0.350. The number of hydrogen-bond acceptors (Lipinski definition) is 4. The molecule has 0 fully saturated rings. The van der Waals surface area contributed by atoms with Crippen LogP contribution in [0.5, 0.6) is 5.75 Å². The predicted octanol–water partition coefficient (Wildman–Crippen LogP) is 10.4. The van der Waals surface area contributed by atoms with Crippen molar-refractivity contribution >= 4 is 20.0 Å². The Morgan fingerprint density at radius 3 is 2.04 bits per heavy atom. The average molecular weight is 819 g/mol. The van der Waals surface area contributed by atoms with Crippen LogP contribution in [0.15, 0.2) is 97.3 Å². The first-order valence-electron chi connectivity index (χ1n) is 16.2. The summed E-state index contributed by atoms with van der Waals surface area (Å²) in [6.07, 6.45) is 3.84. The summed E-state index contributed by atoms with van der Waals surface area (Å²) in [7, 11) is -2.47. The summed E-state index contributed by atoms with van der Waals surface area (Å²) in [6.45, 7) is 23.0. The SMILES string of the molecule is CC(C)(C)[Si]1(C(C)(C)C)Oc2cccnc2N1c1[c-]cccc1.CC1(C)c2ccc[c-]c2-n2ncc(-c3ccccc3)c2C1(C)C.[Ir]. The molecular formula is C40H46IrN4OSi-2. The zero-order valence-corrected chi connectivity index (χ0v) is 32.7. The van der Waals surface area contributed by atoms with Crippen LogP contribution in [0.4, 0.5) is 11.5 Å². The molecule has 0 unspecified atom stereocenters. The molecule has 247 valence electrons. The molecule has 1 radical (unpaired) electrons. The molecule has 5 nitrogen and oxygen atoms in total. The minimum absolute atomic E-state index is 0. The molecule has 0 saturated carbocycles. The Kier molecular flexibility index (Phi) is 9.02. The van der Waals surface area contributed by atoms with Gasteiger partial charge in [0, 0.05) is 47.4 Å². The summed E-state index contributed by atoms with van der Waals surface area (Å²) in [5.74, 6) is 1.81. The number of rotatable bonds is 2. The van der Waals surface area contributed by atoms with Gasteiger partial charge in [0.05, 0.1) is 11.9 Å². The molecule has 7 rings (SSSR count). The maximum atomic E-state index is 6.77. The van der Waals surface area contributed by atoms with Crippen LogP contribution in [0.3, 0.4) is 0 Å². The molecule has 0 amide bonds. The van der Waals surface area contributed by atoms with Crippen LogP contribution in [0.2, 0.25) is 10.1 Å². The molecule has 4 heterocycles. The Morgan fingerprint density at radius 1 is 0.745 bits per heavy atom. The van der Waals surface area contributed by atoms with Gasteiger partial charge in [0.25, 0.3) is 0 Å². The first-order valence-corrected chi connectivity index (χ1v) is 18.0. The number of nitrogens with zero attached hydrogens (tertiary/aromatic N) is 4. The summed E-state index contributed by atoms with van der Waals surface area (Å²) >= 11 is 0. The van der Waals surface area contributed by atoms with Crippen molar-refractivity contribution in [1.29, 1.82) is 0 Å². The van der Waals surface area contributed by atoms with Crippen LogP contribution in [0.1, 0.15) is 80.5 Å². The molecule has 2 aromatic heterocycles. The zero-order chi connectivity index (χ0) is 33.1. The van der Waals surface area contributed by atoms with Crippen molar-refractivity contribution in [2.24, 2.45) is 0 Å². The fourth-order valence-electron chi connectivity index (χ4n) is 7.58. The van der Waals surface area contributed by atoms with Crippen molar-refractivity contribution in [2.75, 3.05) is 4.57 Å². The van der Waals surface area contributed by atoms with E-state index in [4.69, 9.17) is 9.52 Å². The Balaban J connectivity index is 0.000000181. The van der Waals surface area contributed by atoms with Crippen molar-refractivity contribution in [3.8, 4) is 22.6 Å². The standard InChI is InChI=1S/C21H21N2.C19H25N2OSi.Ir/c1-20(2)17-12-8-9-13-18(17)23-19(21(20,3)4)16(14-22-23)15-10-6-5-7-11-15;1-18(2,3)23(19(4,5)6)21(15-11-8-7-9-12-15)17-16(22-23)13-10-14-20-17;/h5-12,14H,1-4H3;7-11,13-14H,1-6H3;/q2*-1;. The molecule has 0 bridgehead atoms. The van der Waals surface area contributed by atoms with Crippen molar-refractivity contribution < 1.29 is 24.5 Å². The van der Waals surface area contributed by atoms with E-state index in [-0.39, 0.29) is 41.0 Å². The molecule has 2 aliphatic rings. The first kappa shape index (κ1) is 34.8. The van der Waals surface area contributed by atoms with E-state index >= 15 is 0 Å². The first-order chi connectivity index (χ1) is 21.6. The van der Waals surface area contributed by atoms with Crippen molar-refractivity contribution in [2.45, 2.75) is 90.1 Å². The van der Waals surface area contributed by atoms with Gasteiger partial charge in [-0.15, -0.1) is 11.6 Å². The normalized spacial score (nSPS) is 16.8. The fourth-order valence-corrected chi connectivity index (χ4v) is 13.3. The Hall–Kier alpha value is -3.51. The summed E-state index contributed by atoms with van der Waals surface area (Å²) in [5.41, 5.74) is 7.08. The zero-order valence-electron chi connectivity index (χ0n) is 29.3. The van der Waals surface area contributed by atoms with Gasteiger partial charge in [-0.1, -0.05) is 105 Å². The number of aromatic nitrogens is 3. The van der Waals surface area contributed by atoms with E-state index in [1.54, 1.807) is 0 Å². The molecule has 0 spiro atoms. The van der Waals surface area contributed by atoms with Gasteiger partial charge in [-0.3, -0.25) is 4.68 Å². The van der Waals surface area contributed by atoms with Crippen LogP contribution < -0.4 is 8.99 Å². The number of anilines is 2. The van der Waals surface area contributed by atoms with Crippen LogP contribution >= 0.6 is 0 Å². The van der Waals surface area contributed by atoms with Crippen molar-refractivity contribution in [3.05, 3.63) is 121 Å². The van der Waals surface area contributed by atoms with Gasteiger partial charge in [0.1, 0.15) is 5.75 Å². The maximum Gasteiger partial charge on any atom is 0.375 e. The van der Waals surface area contributed by atoms with Crippen LogP contribution in [-0.2, 0) is 30.9 Å². The number of fused-ring (bicyclic) bond motifs is 4. The molecule has 2 aliphatic heterocycles. The van der Waals surface area contributed by atoms with Gasteiger partial charge in [-0.05, 0) is 28.8 Å². The van der Waals surface area contributed by atoms with Crippen molar-refractivity contribution in [1.82, 2.24) is 14.8 Å². The summed E-state index contributed by atoms with van der Waals surface area (Å²) in [4.78, 5) is 4.66. The van der Waals surface area contributed by atoms with Gasteiger partial charge < -0.3 is 8.99 Å². The summed E-state index contributed by atoms with van der Waals surface area (Å²) < 4.78 is 11.2. The van der Waals surface area contributed by atoms with Crippen LogP contribution in [-0.4, -0.2) is 23.2 Å². The summed E-state index contributed by atoms with van der Waals surface area (Å²) in [5, 5.41) is 4.71. The molecule has 3 aromatic carbocycles. The molecule has 0 saturated heterocycles. The molecule has 0 N–H and O–H groups in total. The van der Waals surface area contributed by atoms with E-state index < -0.39 is 8.48 Å². The molecule has 47 heavy (non-hydrogen) atoms. The van der Waals surface area contributed by atoms with Gasteiger partial charge in [0.2, 0.25) is 0 Å². The number of hydrogen-bond donors (Lipinski definition) is 0. The third-order valence-electron chi connectivity index (χ3n) is 10.2. The van der Waals surface area contributed by atoms with E-state index in [1.807, 2.05) is 42.7 Å². The number of pyridine rings is 1. The van der Waals surface area contributed by atoms with Crippen molar-refractivity contribution in [3.63, 3.8) is 0 Å². The van der Waals surface area contributed by atoms with E-state index in [9.17, 15) is 0 Å². The minimum Gasteiger partial charge on any atom is -0.521 e. The number of benzene rings is 3. The Bertz CT molecular complexity index is 1830. The molecule has 7 heteroatoms. The maximum absolute atomic E-state index is 6.77. The second-order valence-corrected chi connectivity index (χ2v) is 20.5. The third kappa shape index (κ3) is 5.41. The molecule has 5 aromatic rings. The quantitative estimate of drug-likeness (QED) is 0.131. The Morgan fingerprint density at radius 2 is 1.40 bits per heavy atom. The Labute approximate surface area is 296 Å². The summed E-state index contributed by atoms with van der Waals surface area (Å²) in [6, 6.07) is 35.7. The predicted molar refractivity (Wildman–Crippen MR) is 191 cm³/mol. The van der Waals surface area contributed by atoms with E-state index in [0.29, 0.717) is 0 Å². The smallest absolute Gasteiger partial charge is 0.375 e. The third-order valence-corrected chi connectivity index (χ3v) is 15.9. The number of para-hydroxylation sites is 2. The molecule has 0 aliphatic carbocycles. The molecule has 0 atom stereocenters. The minimum atomic E-state index is -2.47. The van der Waals surface area contributed by atoms with E-state index in [0.717, 1.165) is 22.9 Å². The second-order valence-electron chi connectivity index (χ2n) is 15.5. The van der Waals surface area contributed by atoms with Gasteiger partial charge in [-0.25, -0.2) is 4.98 Å². The van der Waals surface area contributed by atoms with E-state index in [2.05, 4.69) is 150 Å². The molecular weight excluding hydrogens is 773 g/mol. The van der Waals surface area contributed by atoms with Gasteiger partial charge in [-0.2, -0.15) is 53.6 Å². The van der Waals surface area contributed by atoms with Gasteiger partial charge >= 0.3 is 8.48 Å². The van der Waals surface area contributed by atoms with E-state index in [1.165, 1.54) is 22.4 Å². The topological polar surface area (TPSA) is 43.2 Å². The average Bonchev–Trinajstić information content (AvgIpc) is 3.63.